The Morgan fingerprint density at radius 2 is 1.24 bits per heavy atom. The van der Waals surface area contributed by atoms with Crippen LogP contribution in [0.1, 0.15) is 11.1 Å². The number of hydrogen-bond acceptors (Lipinski definition) is 7. The third-order valence-corrected chi connectivity index (χ3v) is 8.11. The average Bonchev–Trinajstić information content (AvgIpc) is 3.65. The minimum Gasteiger partial charge on any atom is -0.438 e. The van der Waals surface area contributed by atoms with Gasteiger partial charge in [-0.3, -0.25) is 0 Å². The van der Waals surface area contributed by atoms with Crippen LogP contribution in [0.3, 0.4) is 0 Å². The molecule has 0 unspecified atom stereocenters. The maximum absolute atomic E-state index is 9.07. The van der Waals surface area contributed by atoms with Crippen molar-refractivity contribution in [1.82, 2.24) is 9.97 Å². The molecular weight excluding hydrogens is 532 g/mol. The summed E-state index contributed by atoms with van der Waals surface area (Å²) in [6.45, 7) is 0. The van der Waals surface area contributed by atoms with Gasteiger partial charge in [0, 0.05) is 25.6 Å². The summed E-state index contributed by atoms with van der Waals surface area (Å²) in [5, 5.41) is 26.5. The lowest BCUT2D eigenvalue weighted by Gasteiger charge is -2.08. The lowest BCUT2D eigenvalue weighted by atomic mass is 10.1. The van der Waals surface area contributed by atoms with Gasteiger partial charge in [-0.05, 0) is 59.3 Å². The van der Waals surface area contributed by atoms with Crippen LogP contribution < -0.4 is 4.74 Å². The summed E-state index contributed by atoms with van der Waals surface area (Å²) in [5.41, 5.74) is 2.76. The number of para-hydroxylation sites is 1. The van der Waals surface area contributed by atoms with Gasteiger partial charge in [0.25, 0.3) is 0 Å². The Bertz CT molecular complexity index is 2050. The van der Waals surface area contributed by atoms with Crippen LogP contribution in [0.15, 0.2) is 89.6 Å². The first-order valence-corrected chi connectivity index (χ1v) is 13.6. The number of rotatable bonds is 2. The van der Waals surface area contributed by atoms with Crippen LogP contribution in [0, 0.1) is 22.7 Å². The highest BCUT2D eigenvalue weighted by Gasteiger charge is 2.12. The third-order valence-electron chi connectivity index (χ3n) is 5.92. The first kappa shape index (κ1) is 23.8. The maximum atomic E-state index is 9.07. The standard InChI is InChI=1S/C18H10N2OS.C12H5ClN2S/c19-11-12-6-7-14-16(10-12)20-18(15-8-9-22-17(14)15)21-13-4-2-1-3-5-13;13-12-9-3-4-16-11(9)8-2-1-7(6-14)5-10(8)15-12/h1-10H;1-5H. The SMILES string of the molecule is N#Cc1ccc2c(c1)nc(Cl)c1ccsc12.N#Cc1ccc2c(c1)nc(Oc1ccccc1)c1ccsc12. The van der Waals surface area contributed by atoms with E-state index in [0.717, 1.165) is 47.7 Å². The van der Waals surface area contributed by atoms with E-state index in [1.807, 2.05) is 71.4 Å². The first-order chi connectivity index (χ1) is 18.6. The predicted octanol–water partition coefficient (Wildman–Crippen LogP) is 9.09. The molecule has 0 aliphatic heterocycles. The van der Waals surface area contributed by atoms with Crippen LogP contribution in [0.4, 0.5) is 0 Å². The molecule has 0 saturated carbocycles. The fourth-order valence-corrected chi connectivity index (χ4v) is 6.31. The van der Waals surface area contributed by atoms with E-state index in [1.54, 1.807) is 40.9 Å². The molecule has 5 nitrogen and oxygen atoms in total. The van der Waals surface area contributed by atoms with E-state index in [1.165, 1.54) is 0 Å². The monoisotopic (exact) mass is 546 g/mol. The number of benzene rings is 3. The van der Waals surface area contributed by atoms with Crippen molar-refractivity contribution < 1.29 is 4.74 Å². The molecule has 7 rings (SSSR count). The van der Waals surface area contributed by atoms with Gasteiger partial charge in [-0.25, -0.2) is 9.97 Å². The molecule has 0 amide bonds. The van der Waals surface area contributed by atoms with Crippen molar-refractivity contribution in [2.45, 2.75) is 0 Å². The second kappa shape index (κ2) is 10.1. The Balaban J connectivity index is 0.000000146. The van der Waals surface area contributed by atoms with Crippen molar-refractivity contribution in [3.63, 3.8) is 0 Å². The molecule has 0 N–H and O–H groups in total. The van der Waals surface area contributed by atoms with Crippen molar-refractivity contribution in [3.8, 4) is 23.8 Å². The zero-order chi connectivity index (χ0) is 26.1. The van der Waals surface area contributed by atoms with E-state index in [2.05, 4.69) is 22.1 Å². The van der Waals surface area contributed by atoms with Gasteiger partial charge in [0.15, 0.2) is 0 Å². The molecule has 0 fully saturated rings. The molecule has 4 heterocycles. The van der Waals surface area contributed by atoms with E-state index in [9.17, 15) is 0 Å². The topological polar surface area (TPSA) is 82.6 Å². The number of ether oxygens (including phenoxy) is 1. The minimum atomic E-state index is 0.499. The van der Waals surface area contributed by atoms with Gasteiger partial charge < -0.3 is 4.74 Å². The van der Waals surface area contributed by atoms with Gasteiger partial charge in [-0.2, -0.15) is 10.5 Å². The van der Waals surface area contributed by atoms with Crippen LogP contribution in [0.25, 0.3) is 42.0 Å². The molecule has 0 bridgehead atoms. The first-order valence-electron chi connectivity index (χ1n) is 11.4. The Hall–Kier alpha value is -4.53. The quantitative estimate of drug-likeness (QED) is 0.202. The van der Waals surface area contributed by atoms with Gasteiger partial charge in [0.2, 0.25) is 5.88 Å². The van der Waals surface area contributed by atoms with E-state index in [0.29, 0.717) is 22.2 Å². The van der Waals surface area contributed by atoms with Crippen LogP contribution in [0.2, 0.25) is 5.15 Å². The van der Waals surface area contributed by atoms with Crippen LogP contribution in [-0.2, 0) is 0 Å². The molecule has 0 aliphatic rings. The zero-order valence-corrected chi connectivity index (χ0v) is 21.9. The smallest absolute Gasteiger partial charge is 0.228 e. The van der Waals surface area contributed by atoms with Crippen molar-refractivity contribution in [3.05, 3.63) is 106 Å². The van der Waals surface area contributed by atoms with E-state index in [-0.39, 0.29) is 0 Å². The summed E-state index contributed by atoms with van der Waals surface area (Å²) < 4.78 is 8.19. The number of aromatic nitrogens is 2. The van der Waals surface area contributed by atoms with E-state index in [4.69, 9.17) is 26.9 Å². The Morgan fingerprint density at radius 3 is 1.87 bits per heavy atom. The van der Waals surface area contributed by atoms with Gasteiger partial charge in [-0.15, -0.1) is 22.7 Å². The van der Waals surface area contributed by atoms with Gasteiger partial charge in [0.05, 0.1) is 39.7 Å². The summed E-state index contributed by atoms with van der Waals surface area (Å²) in [7, 11) is 0. The predicted molar refractivity (Wildman–Crippen MR) is 155 cm³/mol. The summed E-state index contributed by atoms with van der Waals surface area (Å²) >= 11 is 9.37. The van der Waals surface area contributed by atoms with Gasteiger partial charge >= 0.3 is 0 Å². The van der Waals surface area contributed by atoms with Crippen molar-refractivity contribution in [2.75, 3.05) is 0 Å². The normalized spacial score (nSPS) is 10.7. The van der Waals surface area contributed by atoms with Crippen LogP contribution in [-0.4, -0.2) is 9.97 Å². The molecule has 180 valence electrons. The molecule has 0 aliphatic carbocycles. The molecule has 0 radical (unpaired) electrons. The van der Waals surface area contributed by atoms with E-state index < -0.39 is 0 Å². The second-order valence-electron chi connectivity index (χ2n) is 8.25. The van der Waals surface area contributed by atoms with Gasteiger partial charge in [-0.1, -0.05) is 41.9 Å². The van der Waals surface area contributed by atoms with Crippen molar-refractivity contribution >= 4 is 76.3 Å². The Labute approximate surface area is 230 Å². The lowest BCUT2D eigenvalue weighted by Crippen LogP contribution is -1.90. The third kappa shape index (κ3) is 4.40. The zero-order valence-electron chi connectivity index (χ0n) is 19.6. The molecule has 4 aromatic heterocycles. The second-order valence-corrected chi connectivity index (χ2v) is 10.4. The molecule has 0 spiro atoms. The highest BCUT2D eigenvalue weighted by molar-refractivity contribution is 7.18. The van der Waals surface area contributed by atoms with Gasteiger partial charge in [0.1, 0.15) is 10.9 Å². The fourth-order valence-electron chi connectivity index (χ4n) is 4.15. The summed E-state index contributed by atoms with van der Waals surface area (Å²) in [6.07, 6.45) is 0. The molecule has 7 aromatic rings. The van der Waals surface area contributed by atoms with E-state index >= 15 is 0 Å². The molecule has 0 saturated heterocycles. The number of hydrogen-bond donors (Lipinski definition) is 0. The Morgan fingerprint density at radius 1 is 0.658 bits per heavy atom. The van der Waals surface area contributed by atoms with Crippen LogP contribution >= 0.6 is 34.3 Å². The number of fused-ring (bicyclic) bond motifs is 6. The highest BCUT2D eigenvalue weighted by atomic mass is 35.5. The number of thiophene rings is 2. The number of halogens is 1. The average molecular weight is 547 g/mol. The Kier molecular flexibility index (Phi) is 6.33. The molecule has 38 heavy (non-hydrogen) atoms. The van der Waals surface area contributed by atoms with Crippen LogP contribution in [0.5, 0.6) is 11.6 Å². The molecule has 0 atom stereocenters. The fraction of sp³-hybridized carbons (Fsp3) is 0. The largest absolute Gasteiger partial charge is 0.438 e. The molecule has 8 heteroatoms. The highest BCUT2D eigenvalue weighted by Crippen LogP contribution is 2.37. The number of nitriles is 2. The van der Waals surface area contributed by atoms with Crippen molar-refractivity contribution in [2.24, 2.45) is 0 Å². The summed E-state index contributed by atoms with van der Waals surface area (Å²) in [5.74, 6) is 1.32. The molecule has 3 aromatic carbocycles. The summed E-state index contributed by atoms with van der Waals surface area (Å²) in [6, 6.07) is 28.9. The number of nitrogens with zero attached hydrogens (tertiary/aromatic N) is 4. The minimum absolute atomic E-state index is 0.499. The lowest BCUT2D eigenvalue weighted by molar-refractivity contribution is 0.471. The van der Waals surface area contributed by atoms with Crippen molar-refractivity contribution in [1.29, 1.82) is 10.5 Å². The molecular formula is C30H15ClN4OS2. The number of pyridine rings is 2. The maximum Gasteiger partial charge on any atom is 0.228 e. The summed E-state index contributed by atoms with van der Waals surface area (Å²) in [4.78, 5) is 8.92.